The standard InChI is InChI=1S/C26H29N3O2S/c1-15-7-10-23(31-6)22(11-15)27-26-28-25(30)24(32-26)14-20-13-18(4)29(19(20)5)21-9-8-16(2)17(3)12-21/h7-14,26-27H,1-6H3,(H,28,30)/b24-14-. The Bertz CT molecular complexity index is 1230. The number of anilines is 1. The van der Waals surface area contributed by atoms with Gasteiger partial charge in [0.05, 0.1) is 17.7 Å². The summed E-state index contributed by atoms with van der Waals surface area (Å²) >= 11 is 1.48. The Kier molecular flexibility index (Phi) is 6.07. The SMILES string of the molecule is COc1ccc(C)cc1NC1NC(=O)/C(=C/c2cc(C)n(-c3ccc(C)c(C)c3)c2C)S1. The van der Waals surface area contributed by atoms with E-state index >= 15 is 0 Å². The number of amides is 1. The van der Waals surface area contributed by atoms with Gasteiger partial charge in [-0.1, -0.05) is 23.9 Å². The minimum atomic E-state index is -0.257. The first-order chi connectivity index (χ1) is 15.3. The summed E-state index contributed by atoms with van der Waals surface area (Å²) in [5.41, 5.74) is 8.71. The average Bonchev–Trinajstić information content (AvgIpc) is 3.22. The van der Waals surface area contributed by atoms with Crippen molar-refractivity contribution in [3.8, 4) is 11.4 Å². The molecule has 5 nitrogen and oxygen atoms in total. The van der Waals surface area contributed by atoms with E-state index in [0.717, 1.165) is 39.6 Å². The Morgan fingerprint density at radius 1 is 1.03 bits per heavy atom. The van der Waals surface area contributed by atoms with Gasteiger partial charge in [0, 0.05) is 17.1 Å². The molecule has 32 heavy (non-hydrogen) atoms. The van der Waals surface area contributed by atoms with Crippen molar-refractivity contribution in [1.82, 2.24) is 9.88 Å². The molecule has 2 heterocycles. The van der Waals surface area contributed by atoms with Crippen LogP contribution in [0.15, 0.2) is 47.4 Å². The second-order valence-corrected chi connectivity index (χ2v) is 9.41. The summed E-state index contributed by atoms with van der Waals surface area (Å²) in [5, 5.41) is 6.39. The van der Waals surface area contributed by atoms with Crippen molar-refractivity contribution in [3.05, 3.63) is 81.0 Å². The highest BCUT2D eigenvalue weighted by molar-refractivity contribution is 8.05. The van der Waals surface area contributed by atoms with Crippen LogP contribution in [0.4, 0.5) is 5.69 Å². The molecule has 2 N–H and O–H groups in total. The van der Waals surface area contributed by atoms with E-state index < -0.39 is 0 Å². The van der Waals surface area contributed by atoms with E-state index in [1.807, 2.05) is 31.2 Å². The number of carbonyl (C=O) groups excluding carboxylic acids is 1. The van der Waals surface area contributed by atoms with E-state index in [1.54, 1.807) is 7.11 Å². The van der Waals surface area contributed by atoms with Crippen LogP contribution in [0, 0.1) is 34.6 Å². The lowest BCUT2D eigenvalue weighted by atomic mass is 10.1. The Hall–Kier alpha value is -3.12. The largest absolute Gasteiger partial charge is 0.495 e. The zero-order valence-corrected chi connectivity index (χ0v) is 20.2. The average molecular weight is 448 g/mol. The topological polar surface area (TPSA) is 55.3 Å². The van der Waals surface area contributed by atoms with Gasteiger partial charge in [-0.25, -0.2) is 0 Å². The summed E-state index contributed by atoms with van der Waals surface area (Å²) in [6, 6.07) is 14.6. The summed E-state index contributed by atoms with van der Waals surface area (Å²) in [5.74, 6) is 0.676. The fraction of sp³-hybridized carbons (Fsp3) is 0.269. The van der Waals surface area contributed by atoms with Crippen molar-refractivity contribution >= 4 is 29.4 Å². The molecule has 1 atom stereocenters. The molecule has 0 bridgehead atoms. The highest BCUT2D eigenvalue weighted by Gasteiger charge is 2.28. The predicted octanol–water partition coefficient (Wildman–Crippen LogP) is 5.63. The molecule has 0 radical (unpaired) electrons. The number of hydrogen-bond donors (Lipinski definition) is 2. The van der Waals surface area contributed by atoms with Crippen LogP contribution in [0.3, 0.4) is 0 Å². The third-order valence-corrected chi connectivity index (χ3v) is 6.91. The number of ether oxygens (including phenoxy) is 1. The normalized spacial score (nSPS) is 17.0. The molecule has 166 valence electrons. The number of hydrogen-bond acceptors (Lipinski definition) is 4. The van der Waals surface area contributed by atoms with E-state index in [4.69, 9.17) is 4.74 Å². The molecule has 1 aliphatic rings. The molecule has 0 saturated carbocycles. The van der Waals surface area contributed by atoms with Crippen LogP contribution in [0.2, 0.25) is 0 Å². The molecule has 1 amide bonds. The zero-order chi connectivity index (χ0) is 23.0. The maximum absolute atomic E-state index is 12.7. The van der Waals surface area contributed by atoms with Crippen LogP contribution in [0.25, 0.3) is 11.8 Å². The quantitative estimate of drug-likeness (QED) is 0.498. The van der Waals surface area contributed by atoms with E-state index in [2.05, 4.69) is 67.2 Å². The Morgan fingerprint density at radius 2 is 1.81 bits per heavy atom. The van der Waals surface area contributed by atoms with Crippen LogP contribution < -0.4 is 15.4 Å². The maximum Gasteiger partial charge on any atom is 0.260 e. The van der Waals surface area contributed by atoms with Crippen LogP contribution in [0.5, 0.6) is 5.75 Å². The fourth-order valence-electron chi connectivity index (χ4n) is 3.98. The number of rotatable bonds is 5. The summed E-state index contributed by atoms with van der Waals surface area (Å²) in [7, 11) is 1.65. The van der Waals surface area contributed by atoms with E-state index in [-0.39, 0.29) is 11.4 Å². The molecule has 1 aromatic heterocycles. The van der Waals surface area contributed by atoms with Gasteiger partial charge in [-0.05, 0) is 93.3 Å². The minimum absolute atomic E-state index is 0.0740. The lowest BCUT2D eigenvalue weighted by Crippen LogP contribution is -2.31. The molecule has 1 unspecified atom stereocenters. The number of aryl methyl sites for hydroxylation is 4. The molecule has 6 heteroatoms. The van der Waals surface area contributed by atoms with Crippen molar-refractivity contribution < 1.29 is 9.53 Å². The summed E-state index contributed by atoms with van der Waals surface area (Å²) in [6.07, 6.45) is 1.98. The maximum atomic E-state index is 12.7. The van der Waals surface area contributed by atoms with Crippen LogP contribution >= 0.6 is 11.8 Å². The third-order valence-electron chi connectivity index (χ3n) is 5.88. The molecular formula is C26H29N3O2S. The summed E-state index contributed by atoms with van der Waals surface area (Å²) < 4.78 is 7.69. The van der Waals surface area contributed by atoms with Gasteiger partial charge in [0.15, 0.2) is 5.50 Å². The van der Waals surface area contributed by atoms with Gasteiger partial charge in [-0.2, -0.15) is 0 Å². The van der Waals surface area contributed by atoms with Crippen molar-refractivity contribution in [2.24, 2.45) is 0 Å². The van der Waals surface area contributed by atoms with Crippen LogP contribution in [-0.4, -0.2) is 23.1 Å². The van der Waals surface area contributed by atoms with Gasteiger partial charge in [-0.3, -0.25) is 4.79 Å². The third kappa shape index (κ3) is 4.28. The molecule has 4 rings (SSSR count). The second-order valence-electron chi connectivity index (χ2n) is 8.26. The van der Waals surface area contributed by atoms with Gasteiger partial charge in [0.1, 0.15) is 5.75 Å². The van der Waals surface area contributed by atoms with Gasteiger partial charge in [0.25, 0.3) is 5.91 Å². The number of thioether (sulfide) groups is 1. The molecular weight excluding hydrogens is 418 g/mol. The predicted molar refractivity (Wildman–Crippen MR) is 134 cm³/mol. The Balaban J connectivity index is 1.59. The lowest BCUT2D eigenvalue weighted by molar-refractivity contribution is -0.116. The Labute approximate surface area is 193 Å². The number of aromatic nitrogens is 1. The first-order valence-corrected chi connectivity index (χ1v) is 11.5. The molecule has 3 aromatic rings. The van der Waals surface area contributed by atoms with Crippen molar-refractivity contribution in [2.45, 2.75) is 40.1 Å². The van der Waals surface area contributed by atoms with Crippen molar-refractivity contribution in [1.29, 1.82) is 0 Å². The minimum Gasteiger partial charge on any atom is -0.495 e. The van der Waals surface area contributed by atoms with Gasteiger partial charge < -0.3 is 19.9 Å². The highest BCUT2D eigenvalue weighted by Crippen LogP contribution is 2.34. The Morgan fingerprint density at radius 3 is 2.53 bits per heavy atom. The van der Waals surface area contributed by atoms with Gasteiger partial charge in [-0.15, -0.1) is 0 Å². The van der Waals surface area contributed by atoms with Crippen molar-refractivity contribution in [3.63, 3.8) is 0 Å². The first-order valence-electron chi connectivity index (χ1n) is 10.6. The van der Waals surface area contributed by atoms with Crippen LogP contribution in [0.1, 0.15) is 33.6 Å². The number of methoxy groups -OCH3 is 1. The number of benzene rings is 2. The second kappa shape index (κ2) is 8.79. The van der Waals surface area contributed by atoms with Gasteiger partial charge >= 0.3 is 0 Å². The van der Waals surface area contributed by atoms with E-state index in [9.17, 15) is 4.79 Å². The van der Waals surface area contributed by atoms with Crippen LogP contribution in [-0.2, 0) is 4.79 Å². The zero-order valence-electron chi connectivity index (χ0n) is 19.4. The van der Waals surface area contributed by atoms with E-state index in [1.165, 1.54) is 22.9 Å². The molecule has 1 saturated heterocycles. The van der Waals surface area contributed by atoms with Gasteiger partial charge in [0.2, 0.25) is 0 Å². The van der Waals surface area contributed by atoms with E-state index in [0.29, 0.717) is 4.91 Å². The smallest absolute Gasteiger partial charge is 0.260 e. The number of nitrogens with zero attached hydrogens (tertiary/aromatic N) is 1. The highest BCUT2D eigenvalue weighted by atomic mass is 32.2. The fourth-order valence-corrected chi connectivity index (χ4v) is 4.94. The monoisotopic (exact) mass is 447 g/mol. The van der Waals surface area contributed by atoms with Crippen molar-refractivity contribution in [2.75, 3.05) is 12.4 Å². The molecule has 2 aromatic carbocycles. The number of nitrogens with one attached hydrogen (secondary N) is 2. The summed E-state index contributed by atoms with van der Waals surface area (Å²) in [4.78, 5) is 13.4. The molecule has 0 spiro atoms. The summed E-state index contributed by atoms with van der Waals surface area (Å²) in [6.45, 7) is 10.5. The molecule has 0 aliphatic carbocycles. The molecule has 1 fully saturated rings. The molecule has 1 aliphatic heterocycles. The number of carbonyl (C=O) groups is 1. The lowest BCUT2D eigenvalue weighted by Gasteiger charge is -2.16. The first kappa shape index (κ1) is 22.1.